The van der Waals surface area contributed by atoms with Crippen molar-refractivity contribution in [1.82, 2.24) is 10.2 Å². The van der Waals surface area contributed by atoms with Crippen LogP contribution in [0.2, 0.25) is 0 Å². The van der Waals surface area contributed by atoms with Gasteiger partial charge in [-0.05, 0) is 43.2 Å². The maximum absolute atomic E-state index is 13.0. The van der Waals surface area contributed by atoms with Gasteiger partial charge in [-0.2, -0.15) is 0 Å². The topological polar surface area (TPSA) is 58.6 Å². The Morgan fingerprint density at radius 3 is 2.41 bits per heavy atom. The summed E-state index contributed by atoms with van der Waals surface area (Å²) in [6.07, 6.45) is 1.24. The van der Waals surface area contributed by atoms with Crippen LogP contribution in [0, 0.1) is 0 Å². The van der Waals surface area contributed by atoms with E-state index in [2.05, 4.69) is 5.32 Å². The number of carbonyl (C=O) groups is 2. The minimum atomic E-state index is -0.530. The molecule has 29 heavy (non-hydrogen) atoms. The predicted octanol–water partition coefficient (Wildman–Crippen LogP) is 4.12. The number of amides is 2. The molecule has 2 amide bonds. The van der Waals surface area contributed by atoms with E-state index in [1.807, 2.05) is 61.5 Å². The summed E-state index contributed by atoms with van der Waals surface area (Å²) in [5.74, 6) is 1.29. The number of thioether (sulfide) groups is 1. The van der Waals surface area contributed by atoms with E-state index in [9.17, 15) is 9.59 Å². The second kappa shape index (κ2) is 12.2. The molecule has 156 valence electrons. The molecule has 1 N–H and O–H groups in total. The Morgan fingerprint density at radius 2 is 1.79 bits per heavy atom. The summed E-state index contributed by atoms with van der Waals surface area (Å²) < 4.78 is 5.20. The molecule has 0 fully saturated rings. The second-order valence-corrected chi connectivity index (χ2v) is 7.92. The van der Waals surface area contributed by atoms with Crippen LogP contribution in [0.1, 0.15) is 32.3 Å². The molecule has 0 spiro atoms. The third kappa shape index (κ3) is 7.46. The fourth-order valence-electron chi connectivity index (χ4n) is 2.82. The van der Waals surface area contributed by atoms with Gasteiger partial charge in [0.15, 0.2) is 0 Å². The minimum Gasteiger partial charge on any atom is -0.497 e. The first kappa shape index (κ1) is 22.8. The Hall–Kier alpha value is -2.47. The minimum absolute atomic E-state index is 0.0246. The average Bonchev–Trinajstić information content (AvgIpc) is 2.76. The highest BCUT2D eigenvalue weighted by molar-refractivity contribution is 7.99. The predicted molar refractivity (Wildman–Crippen MR) is 118 cm³/mol. The lowest BCUT2D eigenvalue weighted by molar-refractivity contribution is -0.140. The second-order valence-electron chi connectivity index (χ2n) is 6.75. The quantitative estimate of drug-likeness (QED) is 0.562. The van der Waals surface area contributed by atoms with Crippen molar-refractivity contribution in [2.24, 2.45) is 0 Å². The molecule has 1 unspecified atom stereocenters. The molecule has 0 radical (unpaired) electrons. The van der Waals surface area contributed by atoms with Gasteiger partial charge in [-0.1, -0.05) is 37.3 Å². The molecule has 1 atom stereocenters. The third-order valence-corrected chi connectivity index (χ3v) is 5.57. The van der Waals surface area contributed by atoms with E-state index >= 15 is 0 Å². The lowest BCUT2D eigenvalue weighted by atomic mass is 10.1. The number of methoxy groups -OCH3 is 1. The number of hydrogen-bond donors (Lipinski definition) is 1. The number of carbonyl (C=O) groups excluding carboxylic acids is 2. The molecule has 2 rings (SSSR count). The Bertz CT molecular complexity index is 765. The van der Waals surface area contributed by atoms with Crippen molar-refractivity contribution < 1.29 is 14.3 Å². The molecule has 2 aromatic carbocycles. The number of nitrogens with zero attached hydrogens (tertiary/aromatic N) is 1. The molecule has 0 aliphatic heterocycles. The van der Waals surface area contributed by atoms with Gasteiger partial charge in [0.2, 0.25) is 11.8 Å². The van der Waals surface area contributed by atoms with Gasteiger partial charge >= 0.3 is 0 Å². The summed E-state index contributed by atoms with van der Waals surface area (Å²) in [6, 6.07) is 17.1. The monoisotopic (exact) mass is 414 g/mol. The van der Waals surface area contributed by atoms with E-state index in [1.54, 1.807) is 30.7 Å². The molecule has 0 heterocycles. The van der Waals surface area contributed by atoms with Crippen molar-refractivity contribution in [3.63, 3.8) is 0 Å². The summed E-state index contributed by atoms with van der Waals surface area (Å²) in [4.78, 5) is 28.3. The van der Waals surface area contributed by atoms with Gasteiger partial charge < -0.3 is 15.0 Å². The third-order valence-electron chi connectivity index (χ3n) is 4.56. The number of benzene rings is 2. The molecule has 0 aliphatic carbocycles. The molecular formula is C23H30N2O3S. The van der Waals surface area contributed by atoms with Crippen LogP contribution in [0.4, 0.5) is 0 Å². The molecule has 2 aromatic rings. The Balaban J connectivity index is 2.04. The van der Waals surface area contributed by atoms with Crippen LogP contribution in [0.15, 0.2) is 59.5 Å². The summed E-state index contributed by atoms with van der Waals surface area (Å²) in [6.45, 7) is 4.79. The molecule has 0 saturated heterocycles. The summed E-state index contributed by atoms with van der Waals surface area (Å²) >= 11 is 1.65. The van der Waals surface area contributed by atoms with Crippen molar-refractivity contribution in [3.8, 4) is 5.75 Å². The van der Waals surface area contributed by atoms with Crippen LogP contribution in [-0.2, 0) is 16.1 Å². The Morgan fingerprint density at radius 1 is 1.10 bits per heavy atom. The van der Waals surface area contributed by atoms with Crippen LogP contribution in [0.3, 0.4) is 0 Å². The zero-order valence-electron chi connectivity index (χ0n) is 17.4. The van der Waals surface area contributed by atoms with E-state index in [1.165, 1.54) is 0 Å². The molecule has 0 bridgehead atoms. The smallest absolute Gasteiger partial charge is 0.242 e. The van der Waals surface area contributed by atoms with Crippen molar-refractivity contribution in [1.29, 1.82) is 0 Å². The van der Waals surface area contributed by atoms with E-state index in [4.69, 9.17) is 4.74 Å². The van der Waals surface area contributed by atoms with Gasteiger partial charge in [-0.25, -0.2) is 0 Å². The van der Waals surface area contributed by atoms with Gasteiger partial charge in [0.05, 0.1) is 7.11 Å². The molecule has 0 saturated carbocycles. The standard InChI is InChI=1S/C23H30N2O3S/c1-4-15-24-23(27)18(2)25(17-19-10-12-20(28-3)13-11-19)22(26)14-16-29-21-8-6-5-7-9-21/h5-13,18H,4,14-17H2,1-3H3,(H,24,27). The van der Waals surface area contributed by atoms with Crippen LogP contribution in [0.5, 0.6) is 5.75 Å². The molecular weight excluding hydrogens is 384 g/mol. The van der Waals surface area contributed by atoms with Crippen LogP contribution in [-0.4, -0.2) is 42.2 Å². The van der Waals surface area contributed by atoms with Gasteiger partial charge in [-0.3, -0.25) is 9.59 Å². The lowest BCUT2D eigenvalue weighted by Gasteiger charge is -2.29. The van der Waals surface area contributed by atoms with E-state index in [0.29, 0.717) is 25.3 Å². The van der Waals surface area contributed by atoms with Crippen molar-refractivity contribution in [2.45, 2.75) is 44.2 Å². The summed E-state index contributed by atoms with van der Waals surface area (Å²) in [5, 5.41) is 2.90. The highest BCUT2D eigenvalue weighted by atomic mass is 32.2. The highest BCUT2D eigenvalue weighted by Crippen LogP contribution is 2.20. The number of rotatable bonds is 11. The SMILES string of the molecule is CCCNC(=O)C(C)N(Cc1ccc(OC)cc1)C(=O)CCSc1ccccc1. The highest BCUT2D eigenvalue weighted by Gasteiger charge is 2.25. The van der Waals surface area contributed by atoms with Crippen LogP contribution in [0.25, 0.3) is 0 Å². The first-order valence-electron chi connectivity index (χ1n) is 9.93. The van der Waals surface area contributed by atoms with Gasteiger partial charge in [0.25, 0.3) is 0 Å². The fourth-order valence-corrected chi connectivity index (χ4v) is 3.68. The average molecular weight is 415 g/mol. The van der Waals surface area contributed by atoms with Crippen molar-refractivity contribution in [3.05, 3.63) is 60.2 Å². The molecule has 0 aliphatic rings. The van der Waals surface area contributed by atoms with E-state index < -0.39 is 6.04 Å². The zero-order valence-corrected chi connectivity index (χ0v) is 18.2. The Kier molecular flexibility index (Phi) is 9.57. The van der Waals surface area contributed by atoms with Crippen molar-refractivity contribution >= 4 is 23.6 Å². The first-order chi connectivity index (χ1) is 14.0. The number of ether oxygens (including phenoxy) is 1. The van der Waals surface area contributed by atoms with E-state index in [0.717, 1.165) is 22.6 Å². The lowest BCUT2D eigenvalue weighted by Crippen LogP contribution is -2.47. The first-order valence-corrected chi connectivity index (χ1v) is 10.9. The molecule has 5 nitrogen and oxygen atoms in total. The van der Waals surface area contributed by atoms with E-state index in [-0.39, 0.29) is 11.8 Å². The summed E-state index contributed by atoms with van der Waals surface area (Å²) in [7, 11) is 1.62. The van der Waals surface area contributed by atoms with Crippen molar-refractivity contribution in [2.75, 3.05) is 19.4 Å². The van der Waals surface area contributed by atoms with Crippen LogP contribution >= 0.6 is 11.8 Å². The largest absolute Gasteiger partial charge is 0.497 e. The number of nitrogens with one attached hydrogen (secondary N) is 1. The zero-order chi connectivity index (χ0) is 21.1. The van der Waals surface area contributed by atoms with Crippen LogP contribution < -0.4 is 10.1 Å². The maximum Gasteiger partial charge on any atom is 0.242 e. The van der Waals surface area contributed by atoms with Gasteiger partial charge in [0.1, 0.15) is 11.8 Å². The normalized spacial score (nSPS) is 11.6. The van der Waals surface area contributed by atoms with Gasteiger partial charge in [0, 0.05) is 30.2 Å². The summed E-state index contributed by atoms with van der Waals surface area (Å²) in [5.41, 5.74) is 0.963. The van der Waals surface area contributed by atoms with Gasteiger partial charge in [-0.15, -0.1) is 11.8 Å². The maximum atomic E-state index is 13.0. The molecule has 0 aromatic heterocycles. The Labute approximate surface area is 177 Å². The number of hydrogen-bond acceptors (Lipinski definition) is 4. The fraction of sp³-hybridized carbons (Fsp3) is 0.391. The molecule has 6 heteroatoms.